The van der Waals surface area contributed by atoms with Crippen LogP contribution < -0.4 is 9.62 Å². The lowest BCUT2D eigenvalue weighted by Gasteiger charge is -2.22. The topological polar surface area (TPSA) is 69.0 Å². The highest BCUT2D eigenvalue weighted by molar-refractivity contribution is 7.97. The van der Waals surface area contributed by atoms with Crippen LogP contribution in [0.3, 0.4) is 0 Å². The SMILES string of the molecule is CSNC(=O)c1nc(N(CCCC(C)C)c2ccc(C#N)cc2)sc1C. The van der Waals surface area contributed by atoms with Crippen LogP contribution in [-0.2, 0) is 0 Å². The number of nitriles is 1. The van der Waals surface area contributed by atoms with Gasteiger partial charge >= 0.3 is 0 Å². The number of rotatable bonds is 8. The molecule has 7 heteroatoms. The molecule has 0 spiro atoms. The molecule has 5 nitrogen and oxygen atoms in total. The minimum absolute atomic E-state index is 0.167. The number of amides is 1. The van der Waals surface area contributed by atoms with Crippen molar-refractivity contribution < 1.29 is 4.79 Å². The van der Waals surface area contributed by atoms with E-state index in [1.165, 1.54) is 23.3 Å². The maximum atomic E-state index is 12.2. The Kier molecular flexibility index (Phi) is 7.49. The molecule has 0 radical (unpaired) electrons. The molecule has 0 atom stereocenters. The molecule has 0 aliphatic heterocycles. The van der Waals surface area contributed by atoms with Crippen LogP contribution in [0.1, 0.15) is 47.6 Å². The molecule has 1 heterocycles. The lowest BCUT2D eigenvalue weighted by molar-refractivity contribution is 0.0980. The van der Waals surface area contributed by atoms with Crippen molar-refractivity contribution in [3.63, 3.8) is 0 Å². The third kappa shape index (κ3) is 5.23. The van der Waals surface area contributed by atoms with Gasteiger partial charge in [-0.25, -0.2) is 4.98 Å². The summed E-state index contributed by atoms with van der Waals surface area (Å²) in [6.07, 6.45) is 3.97. The summed E-state index contributed by atoms with van der Waals surface area (Å²) in [4.78, 5) is 19.8. The molecule has 2 aromatic rings. The highest BCUT2D eigenvalue weighted by atomic mass is 32.2. The quantitative estimate of drug-likeness (QED) is 0.651. The second kappa shape index (κ2) is 9.60. The van der Waals surface area contributed by atoms with Gasteiger partial charge in [-0.3, -0.25) is 9.52 Å². The largest absolute Gasteiger partial charge is 0.318 e. The van der Waals surface area contributed by atoms with Crippen molar-refractivity contribution in [3.8, 4) is 6.07 Å². The van der Waals surface area contributed by atoms with Crippen LogP contribution in [0.5, 0.6) is 0 Å². The number of nitrogens with zero attached hydrogens (tertiary/aromatic N) is 3. The number of benzene rings is 1. The van der Waals surface area contributed by atoms with Crippen LogP contribution in [0.15, 0.2) is 24.3 Å². The smallest absolute Gasteiger partial charge is 0.280 e. The highest BCUT2D eigenvalue weighted by Gasteiger charge is 2.20. The molecule has 26 heavy (non-hydrogen) atoms. The molecule has 1 aromatic carbocycles. The second-order valence-electron chi connectivity index (χ2n) is 6.38. The minimum atomic E-state index is -0.167. The molecule has 0 saturated carbocycles. The van der Waals surface area contributed by atoms with Crippen LogP contribution in [0, 0.1) is 24.2 Å². The summed E-state index contributed by atoms with van der Waals surface area (Å²) in [7, 11) is 0. The Morgan fingerprint density at radius 3 is 2.65 bits per heavy atom. The Hall–Kier alpha value is -2.04. The van der Waals surface area contributed by atoms with E-state index in [0.717, 1.165) is 35.1 Å². The van der Waals surface area contributed by atoms with Crippen molar-refractivity contribution in [3.05, 3.63) is 40.4 Å². The number of hydrogen-bond acceptors (Lipinski definition) is 6. The number of hydrogen-bond donors (Lipinski definition) is 1. The van der Waals surface area contributed by atoms with Crippen molar-refractivity contribution in [1.82, 2.24) is 9.71 Å². The third-order valence-electron chi connectivity index (χ3n) is 3.90. The van der Waals surface area contributed by atoms with Crippen LogP contribution >= 0.6 is 23.3 Å². The van der Waals surface area contributed by atoms with Gasteiger partial charge < -0.3 is 4.90 Å². The van der Waals surface area contributed by atoms with E-state index in [0.29, 0.717) is 17.2 Å². The zero-order valence-corrected chi connectivity index (χ0v) is 17.2. The second-order valence-corrected chi connectivity index (χ2v) is 8.18. The predicted octanol–water partition coefficient (Wildman–Crippen LogP) is 4.91. The van der Waals surface area contributed by atoms with Gasteiger partial charge in [-0.2, -0.15) is 5.26 Å². The fourth-order valence-corrected chi connectivity index (χ4v) is 3.79. The minimum Gasteiger partial charge on any atom is -0.318 e. The fourth-order valence-electron chi connectivity index (χ4n) is 2.56. The van der Waals surface area contributed by atoms with Crippen molar-refractivity contribution in [2.45, 2.75) is 33.6 Å². The maximum Gasteiger partial charge on any atom is 0.280 e. The average molecular weight is 389 g/mol. The Morgan fingerprint density at radius 1 is 1.38 bits per heavy atom. The summed E-state index contributed by atoms with van der Waals surface area (Å²) in [6.45, 7) is 7.16. The van der Waals surface area contributed by atoms with Crippen LogP contribution in [0.2, 0.25) is 0 Å². The Balaban J connectivity index is 2.32. The lowest BCUT2D eigenvalue weighted by Crippen LogP contribution is -2.20. The molecule has 1 N–H and O–H groups in total. The van der Waals surface area contributed by atoms with E-state index < -0.39 is 0 Å². The number of aromatic nitrogens is 1. The van der Waals surface area contributed by atoms with Gasteiger partial charge in [0.05, 0.1) is 11.6 Å². The first-order valence-electron chi connectivity index (χ1n) is 8.54. The Bertz CT molecular complexity index is 778. The molecular weight excluding hydrogens is 364 g/mol. The van der Waals surface area contributed by atoms with Crippen molar-refractivity contribution in [1.29, 1.82) is 5.26 Å². The van der Waals surface area contributed by atoms with E-state index in [1.807, 2.05) is 37.4 Å². The van der Waals surface area contributed by atoms with Gasteiger partial charge in [0.15, 0.2) is 5.13 Å². The van der Waals surface area contributed by atoms with Crippen LogP contribution in [0.25, 0.3) is 0 Å². The monoisotopic (exact) mass is 388 g/mol. The summed E-state index contributed by atoms with van der Waals surface area (Å²) in [6, 6.07) is 9.64. The molecule has 0 saturated heterocycles. The van der Waals surface area contributed by atoms with Crippen LogP contribution in [0.4, 0.5) is 10.8 Å². The molecule has 0 aliphatic carbocycles. The molecule has 0 aliphatic rings. The number of carbonyl (C=O) groups excluding carboxylic acids is 1. The standard InChI is InChI=1S/C19H24N4OS2/c1-13(2)6-5-11-23(16-9-7-15(12-20)8-10-16)19-21-17(14(3)26-19)18(24)22-25-4/h7-10,13H,5-6,11H2,1-4H3,(H,22,24). The first kappa shape index (κ1) is 20.3. The van der Waals surface area contributed by atoms with E-state index in [9.17, 15) is 4.79 Å². The molecule has 1 amide bonds. The number of aryl methyl sites for hydroxylation is 1. The van der Waals surface area contributed by atoms with E-state index in [4.69, 9.17) is 5.26 Å². The summed E-state index contributed by atoms with van der Waals surface area (Å²) in [5.41, 5.74) is 2.09. The Labute approximate surface area is 163 Å². The van der Waals surface area contributed by atoms with E-state index in [2.05, 4.69) is 34.5 Å². The molecule has 0 bridgehead atoms. The number of carbonyl (C=O) groups is 1. The van der Waals surface area contributed by atoms with Crippen LogP contribution in [-0.4, -0.2) is 23.7 Å². The van der Waals surface area contributed by atoms with Gasteiger partial charge in [-0.15, -0.1) is 11.3 Å². The lowest BCUT2D eigenvalue weighted by atomic mass is 10.1. The molecule has 138 valence electrons. The fraction of sp³-hybridized carbons (Fsp3) is 0.421. The third-order valence-corrected chi connectivity index (χ3v) is 5.28. The van der Waals surface area contributed by atoms with Gasteiger partial charge in [0.25, 0.3) is 5.91 Å². The highest BCUT2D eigenvalue weighted by Crippen LogP contribution is 2.32. The van der Waals surface area contributed by atoms with Gasteiger partial charge in [-0.1, -0.05) is 25.8 Å². The van der Waals surface area contributed by atoms with E-state index in [1.54, 1.807) is 0 Å². The van der Waals surface area contributed by atoms with Gasteiger partial charge in [-0.05, 0) is 49.9 Å². The van der Waals surface area contributed by atoms with Gasteiger partial charge in [0, 0.05) is 23.4 Å². The summed E-state index contributed by atoms with van der Waals surface area (Å²) in [5, 5.41) is 9.83. The number of nitrogens with one attached hydrogen (secondary N) is 1. The predicted molar refractivity (Wildman–Crippen MR) is 110 cm³/mol. The summed E-state index contributed by atoms with van der Waals surface area (Å²) >= 11 is 2.79. The van der Waals surface area contributed by atoms with Gasteiger partial charge in [0.2, 0.25) is 0 Å². The molecule has 1 aromatic heterocycles. The van der Waals surface area contributed by atoms with E-state index >= 15 is 0 Å². The summed E-state index contributed by atoms with van der Waals surface area (Å²) in [5.74, 6) is 0.471. The number of thiazole rings is 1. The maximum absolute atomic E-state index is 12.2. The zero-order chi connectivity index (χ0) is 19.1. The normalized spacial score (nSPS) is 10.6. The first-order chi connectivity index (χ1) is 12.5. The van der Waals surface area contributed by atoms with Crippen molar-refractivity contribution >= 4 is 40.0 Å². The average Bonchev–Trinajstić information content (AvgIpc) is 3.00. The number of anilines is 2. The molecule has 0 fully saturated rings. The molecule has 0 unspecified atom stereocenters. The van der Waals surface area contributed by atoms with E-state index in [-0.39, 0.29) is 5.91 Å². The van der Waals surface area contributed by atoms with Gasteiger partial charge in [0.1, 0.15) is 5.69 Å². The first-order valence-corrected chi connectivity index (χ1v) is 10.6. The Morgan fingerprint density at radius 2 is 2.08 bits per heavy atom. The van der Waals surface area contributed by atoms with Crippen molar-refractivity contribution in [2.75, 3.05) is 17.7 Å². The summed E-state index contributed by atoms with van der Waals surface area (Å²) < 4.78 is 2.74. The zero-order valence-electron chi connectivity index (χ0n) is 15.6. The molecule has 2 rings (SSSR count). The molecular formula is C19H24N4OS2. The van der Waals surface area contributed by atoms with Crippen molar-refractivity contribution in [2.24, 2.45) is 5.92 Å².